The highest BCUT2D eigenvalue weighted by Gasteiger charge is 2.32. The van der Waals surface area contributed by atoms with Crippen LogP contribution in [0, 0.1) is 0 Å². The van der Waals surface area contributed by atoms with Crippen molar-refractivity contribution in [2.45, 2.75) is 72.4 Å². The Labute approximate surface area is 141 Å². The normalized spacial score (nSPS) is 15.2. The number of rotatable bonds is 11. The third-order valence-corrected chi connectivity index (χ3v) is 3.78. The van der Waals surface area contributed by atoms with E-state index in [4.69, 9.17) is 15.6 Å². The molecule has 0 spiro atoms. The molecule has 0 amide bonds. The van der Waals surface area contributed by atoms with E-state index in [9.17, 15) is 4.79 Å². The van der Waals surface area contributed by atoms with Crippen LogP contribution in [0.25, 0.3) is 0 Å². The van der Waals surface area contributed by atoms with Crippen molar-refractivity contribution in [3.63, 3.8) is 0 Å². The van der Waals surface area contributed by atoms with E-state index < -0.39 is 11.7 Å². The molecule has 132 valence electrons. The largest absolute Gasteiger partial charge is 0.478 e. The van der Waals surface area contributed by atoms with E-state index in [2.05, 4.69) is 32.9 Å². The van der Waals surface area contributed by atoms with Gasteiger partial charge in [-0.1, -0.05) is 41.9 Å². The van der Waals surface area contributed by atoms with Crippen LogP contribution < -0.4 is 5.73 Å². The summed E-state index contributed by atoms with van der Waals surface area (Å²) in [5.74, 6) is -1.12. The molecule has 3 N–H and O–H groups in total. The van der Waals surface area contributed by atoms with Crippen LogP contribution in [-0.4, -0.2) is 23.4 Å². The topological polar surface area (TPSA) is 72.5 Å². The first-order valence-corrected chi connectivity index (χ1v) is 8.32. The first kappa shape index (κ1) is 21.6. The Bertz CT molecular complexity index is 459. The molecule has 4 heteroatoms. The molecule has 0 aromatic carbocycles. The highest BCUT2D eigenvalue weighted by Crippen LogP contribution is 2.13. The Morgan fingerprint density at radius 3 is 2.04 bits per heavy atom. The molecule has 0 aromatic rings. The van der Waals surface area contributed by atoms with Gasteiger partial charge in [-0.2, -0.15) is 0 Å². The predicted molar refractivity (Wildman–Crippen MR) is 96.2 cm³/mol. The van der Waals surface area contributed by atoms with Crippen LogP contribution in [0.3, 0.4) is 0 Å². The maximum Gasteiger partial charge on any atom is 0.351 e. The molecule has 0 aliphatic carbocycles. The molecular formula is C19H33NO3. The number of allylic oxidation sites excluding steroid dienone is 5. The van der Waals surface area contributed by atoms with E-state index in [0.29, 0.717) is 0 Å². The summed E-state index contributed by atoms with van der Waals surface area (Å²) in [6.45, 7) is 10.4. The minimum Gasteiger partial charge on any atom is -0.478 e. The van der Waals surface area contributed by atoms with Crippen LogP contribution in [0.2, 0.25) is 0 Å². The summed E-state index contributed by atoms with van der Waals surface area (Å²) in [6.07, 6.45) is 10.8. The van der Waals surface area contributed by atoms with Crippen molar-refractivity contribution in [3.05, 3.63) is 34.9 Å². The number of nitrogens with two attached hydrogens (primary N) is 1. The van der Waals surface area contributed by atoms with Gasteiger partial charge >= 0.3 is 5.97 Å². The van der Waals surface area contributed by atoms with Gasteiger partial charge in [0.2, 0.25) is 5.72 Å². The third-order valence-electron chi connectivity index (χ3n) is 3.78. The van der Waals surface area contributed by atoms with Gasteiger partial charge in [0.15, 0.2) is 0 Å². The molecule has 0 bridgehead atoms. The molecule has 23 heavy (non-hydrogen) atoms. The molecule has 0 fully saturated rings. The number of carboxylic acids is 1. The van der Waals surface area contributed by atoms with Gasteiger partial charge in [-0.05, 0) is 59.8 Å². The van der Waals surface area contributed by atoms with Crippen molar-refractivity contribution in [1.29, 1.82) is 0 Å². The molecule has 1 unspecified atom stereocenters. The Morgan fingerprint density at radius 1 is 1.04 bits per heavy atom. The van der Waals surface area contributed by atoms with E-state index in [1.54, 1.807) is 6.92 Å². The molecule has 0 saturated heterocycles. The maximum atomic E-state index is 11.0. The van der Waals surface area contributed by atoms with Crippen molar-refractivity contribution in [1.82, 2.24) is 0 Å². The van der Waals surface area contributed by atoms with Crippen LogP contribution in [0.1, 0.15) is 66.7 Å². The van der Waals surface area contributed by atoms with Gasteiger partial charge in [-0.3, -0.25) is 5.73 Å². The fourth-order valence-electron chi connectivity index (χ4n) is 1.99. The summed E-state index contributed by atoms with van der Waals surface area (Å²) in [7, 11) is 0. The molecule has 0 rings (SSSR count). The van der Waals surface area contributed by atoms with Crippen molar-refractivity contribution < 1.29 is 14.6 Å². The third kappa shape index (κ3) is 10.1. The standard InChI is InChI=1S/C19H33NO3/c1-6-19(20,18(21)22)23-14-13-17(5)12-8-11-16(4)10-7-9-15(2)3/h9,11,13H,6-8,10,12,14,20H2,1-5H3,(H,21,22). The number of hydrogen-bond acceptors (Lipinski definition) is 3. The van der Waals surface area contributed by atoms with Crippen molar-refractivity contribution in [2.75, 3.05) is 6.61 Å². The quantitative estimate of drug-likeness (QED) is 0.431. The Hall–Kier alpha value is -1.39. The first-order chi connectivity index (χ1) is 10.7. The van der Waals surface area contributed by atoms with Gasteiger partial charge in [0.05, 0.1) is 6.61 Å². The second-order valence-corrected chi connectivity index (χ2v) is 6.32. The molecule has 0 aliphatic rings. The summed E-state index contributed by atoms with van der Waals surface area (Å²) in [5, 5.41) is 9.02. The van der Waals surface area contributed by atoms with Crippen LogP contribution in [0.4, 0.5) is 0 Å². The lowest BCUT2D eigenvalue weighted by Gasteiger charge is -2.22. The maximum absolute atomic E-state index is 11.0. The van der Waals surface area contributed by atoms with E-state index in [1.165, 1.54) is 16.7 Å². The predicted octanol–water partition coefficient (Wildman–Crippen LogP) is 4.57. The SMILES string of the molecule is CCC(N)(OCC=C(C)CCC=C(C)CCC=C(C)C)C(=O)O. The molecular weight excluding hydrogens is 290 g/mol. The second kappa shape index (κ2) is 11.2. The summed E-state index contributed by atoms with van der Waals surface area (Å²) in [5.41, 5.74) is 8.03. The van der Waals surface area contributed by atoms with Crippen molar-refractivity contribution in [3.8, 4) is 0 Å². The minimum atomic E-state index is -1.59. The van der Waals surface area contributed by atoms with E-state index in [0.717, 1.165) is 25.7 Å². The van der Waals surface area contributed by atoms with Gasteiger partial charge in [0, 0.05) is 0 Å². The second-order valence-electron chi connectivity index (χ2n) is 6.32. The molecule has 0 heterocycles. The van der Waals surface area contributed by atoms with E-state index in [-0.39, 0.29) is 13.0 Å². The van der Waals surface area contributed by atoms with Crippen LogP contribution in [-0.2, 0) is 9.53 Å². The molecule has 0 saturated carbocycles. The Morgan fingerprint density at radius 2 is 1.57 bits per heavy atom. The number of ether oxygens (including phenoxy) is 1. The van der Waals surface area contributed by atoms with E-state index >= 15 is 0 Å². The molecule has 0 aliphatic heterocycles. The fraction of sp³-hybridized carbons (Fsp3) is 0.632. The number of carbonyl (C=O) groups is 1. The summed E-state index contributed by atoms with van der Waals surface area (Å²) < 4.78 is 5.29. The summed E-state index contributed by atoms with van der Waals surface area (Å²) in [4.78, 5) is 11.0. The van der Waals surface area contributed by atoms with Gasteiger partial charge in [0.25, 0.3) is 0 Å². The van der Waals surface area contributed by atoms with Crippen LogP contribution in [0.15, 0.2) is 34.9 Å². The Balaban J connectivity index is 4.17. The average Bonchev–Trinajstić information content (AvgIpc) is 2.46. The van der Waals surface area contributed by atoms with E-state index in [1.807, 2.05) is 13.0 Å². The van der Waals surface area contributed by atoms with Crippen LogP contribution >= 0.6 is 0 Å². The number of hydrogen-bond donors (Lipinski definition) is 2. The molecule has 0 aromatic heterocycles. The Kier molecular flexibility index (Phi) is 10.5. The molecule has 0 radical (unpaired) electrons. The molecule has 4 nitrogen and oxygen atoms in total. The summed E-state index contributed by atoms with van der Waals surface area (Å²) >= 11 is 0. The fourth-order valence-corrected chi connectivity index (χ4v) is 1.99. The molecule has 1 atom stereocenters. The summed E-state index contributed by atoms with van der Waals surface area (Å²) in [6, 6.07) is 0. The van der Waals surface area contributed by atoms with Gasteiger partial charge < -0.3 is 9.84 Å². The zero-order valence-corrected chi connectivity index (χ0v) is 15.3. The minimum absolute atomic E-state index is 0.228. The zero-order valence-electron chi connectivity index (χ0n) is 15.3. The monoisotopic (exact) mass is 323 g/mol. The first-order valence-electron chi connectivity index (χ1n) is 8.32. The lowest BCUT2D eigenvalue weighted by Crippen LogP contribution is -2.50. The van der Waals surface area contributed by atoms with Crippen LogP contribution in [0.5, 0.6) is 0 Å². The van der Waals surface area contributed by atoms with Gasteiger partial charge in [0.1, 0.15) is 0 Å². The lowest BCUT2D eigenvalue weighted by atomic mass is 10.1. The van der Waals surface area contributed by atoms with Crippen molar-refractivity contribution in [2.24, 2.45) is 5.73 Å². The lowest BCUT2D eigenvalue weighted by molar-refractivity contribution is -0.164. The highest BCUT2D eigenvalue weighted by molar-refractivity contribution is 5.76. The van der Waals surface area contributed by atoms with Gasteiger partial charge in [-0.25, -0.2) is 4.79 Å². The van der Waals surface area contributed by atoms with Gasteiger partial charge in [-0.15, -0.1) is 0 Å². The smallest absolute Gasteiger partial charge is 0.351 e. The number of aliphatic carboxylic acids is 1. The number of carboxylic acid groups (broad SMARTS) is 1. The zero-order chi connectivity index (χ0) is 17.9. The highest BCUT2D eigenvalue weighted by atomic mass is 16.5. The average molecular weight is 323 g/mol. The van der Waals surface area contributed by atoms with Crippen molar-refractivity contribution >= 4 is 5.97 Å².